The van der Waals surface area contributed by atoms with Crippen LogP contribution >= 0.6 is 0 Å². The average molecular weight is 294 g/mol. The van der Waals surface area contributed by atoms with Gasteiger partial charge in [0.15, 0.2) is 5.82 Å². The molecule has 1 heterocycles. The topological polar surface area (TPSA) is 45.1 Å². The third kappa shape index (κ3) is 3.47. The molecule has 0 aliphatic heterocycles. The molecule has 0 aliphatic carbocycles. The van der Waals surface area contributed by atoms with Gasteiger partial charge in [0.05, 0.1) is 6.10 Å². The number of aliphatic hydroxyl groups is 1. The summed E-state index contributed by atoms with van der Waals surface area (Å²) >= 11 is 0. The highest BCUT2D eigenvalue weighted by Crippen LogP contribution is 2.25. The molecule has 0 saturated carbocycles. The van der Waals surface area contributed by atoms with Gasteiger partial charge in [-0.2, -0.15) is 0 Å². The average Bonchev–Trinajstić information content (AvgIpc) is 2.46. The Morgan fingerprint density at radius 1 is 1.24 bits per heavy atom. The highest BCUT2D eigenvalue weighted by atomic mass is 19.1. The van der Waals surface area contributed by atoms with Crippen molar-refractivity contribution in [3.63, 3.8) is 0 Å². The fourth-order valence-electron chi connectivity index (χ4n) is 2.55. The zero-order valence-corrected chi connectivity index (χ0v) is 12.2. The summed E-state index contributed by atoms with van der Waals surface area (Å²) in [6.45, 7) is 4.40. The number of aliphatic hydroxyl groups excluding tert-OH is 1. The van der Waals surface area contributed by atoms with Crippen LogP contribution in [0.3, 0.4) is 0 Å². The summed E-state index contributed by atoms with van der Waals surface area (Å²) in [7, 11) is 0. The molecule has 0 spiro atoms. The van der Waals surface area contributed by atoms with E-state index in [0.717, 1.165) is 18.9 Å². The van der Waals surface area contributed by atoms with Crippen LogP contribution in [0.2, 0.25) is 0 Å². The van der Waals surface area contributed by atoms with Crippen molar-refractivity contribution in [2.75, 3.05) is 11.9 Å². The molecule has 0 radical (unpaired) electrons. The third-order valence-corrected chi connectivity index (χ3v) is 3.86. The molecule has 21 heavy (non-hydrogen) atoms. The Morgan fingerprint density at radius 2 is 1.95 bits per heavy atom. The van der Waals surface area contributed by atoms with Crippen LogP contribution < -0.4 is 5.32 Å². The fourth-order valence-corrected chi connectivity index (χ4v) is 2.55. The molecule has 2 aromatic rings. The number of nitrogens with zero attached hydrogens (tertiary/aromatic N) is 1. The number of anilines is 1. The van der Waals surface area contributed by atoms with Crippen molar-refractivity contribution in [2.45, 2.75) is 32.8 Å². The monoisotopic (exact) mass is 294 g/mol. The molecule has 3 nitrogen and oxygen atoms in total. The SMILES string of the molecule is CCC(CC)C(O)CNc1ccnc2c(F)cc(F)cc12. The highest BCUT2D eigenvalue weighted by molar-refractivity contribution is 5.91. The summed E-state index contributed by atoms with van der Waals surface area (Å²) in [6.07, 6.45) is 2.75. The second-order valence-electron chi connectivity index (χ2n) is 5.17. The van der Waals surface area contributed by atoms with Crippen molar-refractivity contribution < 1.29 is 13.9 Å². The molecule has 0 amide bonds. The summed E-state index contributed by atoms with van der Waals surface area (Å²) in [5.74, 6) is -1.12. The first kappa shape index (κ1) is 15.6. The molecule has 0 bridgehead atoms. The number of fused-ring (bicyclic) bond motifs is 1. The predicted octanol–water partition coefficient (Wildman–Crippen LogP) is 3.72. The maximum Gasteiger partial charge on any atom is 0.152 e. The molecule has 0 saturated heterocycles. The summed E-state index contributed by atoms with van der Waals surface area (Å²) in [6, 6.07) is 3.72. The van der Waals surface area contributed by atoms with Gasteiger partial charge in [0, 0.05) is 29.9 Å². The lowest BCUT2D eigenvalue weighted by atomic mass is 9.96. The summed E-state index contributed by atoms with van der Waals surface area (Å²) in [5.41, 5.74) is 0.696. The Bertz CT molecular complexity index is 614. The van der Waals surface area contributed by atoms with E-state index in [1.165, 1.54) is 12.3 Å². The lowest BCUT2D eigenvalue weighted by Crippen LogP contribution is -2.27. The molecule has 2 N–H and O–H groups in total. The number of benzene rings is 1. The smallest absolute Gasteiger partial charge is 0.152 e. The van der Waals surface area contributed by atoms with Crippen molar-refractivity contribution in [3.05, 3.63) is 36.0 Å². The molecular weight excluding hydrogens is 274 g/mol. The van der Waals surface area contributed by atoms with Crippen molar-refractivity contribution in [1.82, 2.24) is 4.98 Å². The first-order valence-electron chi connectivity index (χ1n) is 7.22. The number of rotatable bonds is 6. The number of hydrogen-bond acceptors (Lipinski definition) is 3. The molecule has 1 atom stereocenters. The minimum atomic E-state index is -0.686. The van der Waals surface area contributed by atoms with Gasteiger partial charge in [0.2, 0.25) is 0 Å². The number of hydrogen-bond donors (Lipinski definition) is 2. The lowest BCUT2D eigenvalue weighted by Gasteiger charge is -2.21. The van der Waals surface area contributed by atoms with Gasteiger partial charge >= 0.3 is 0 Å². The van der Waals surface area contributed by atoms with E-state index in [-0.39, 0.29) is 11.4 Å². The van der Waals surface area contributed by atoms with Crippen LogP contribution in [0.1, 0.15) is 26.7 Å². The number of aromatic nitrogens is 1. The third-order valence-electron chi connectivity index (χ3n) is 3.86. The van der Waals surface area contributed by atoms with E-state index in [1.54, 1.807) is 6.07 Å². The normalized spacial score (nSPS) is 12.9. The van der Waals surface area contributed by atoms with Crippen molar-refractivity contribution in [2.24, 2.45) is 5.92 Å². The Labute approximate surface area is 123 Å². The Morgan fingerprint density at radius 3 is 2.62 bits per heavy atom. The number of pyridine rings is 1. The van der Waals surface area contributed by atoms with Crippen LogP contribution in [0.5, 0.6) is 0 Å². The number of nitrogens with one attached hydrogen (secondary N) is 1. The Kier molecular flexibility index (Phi) is 5.07. The van der Waals surface area contributed by atoms with Crippen LogP contribution in [-0.4, -0.2) is 22.7 Å². The van der Waals surface area contributed by atoms with E-state index in [1.807, 2.05) is 13.8 Å². The van der Waals surface area contributed by atoms with Gasteiger partial charge in [-0.15, -0.1) is 0 Å². The van der Waals surface area contributed by atoms with Crippen molar-refractivity contribution >= 4 is 16.6 Å². The molecule has 1 unspecified atom stereocenters. The zero-order valence-electron chi connectivity index (χ0n) is 12.2. The molecule has 0 aliphatic rings. The van der Waals surface area contributed by atoms with Crippen LogP contribution in [0.25, 0.3) is 10.9 Å². The van der Waals surface area contributed by atoms with E-state index in [9.17, 15) is 13.9 Å². The second-order valence-corrected chi connectivity index (χ2v) is 5.17. The van der Waals surface area contributed by atoms with Gasteiger partial charge in [-0.3, -0.25) is 4.98 Å². The fraction of sp³-hybridized carbons (Fsp3) is 0.438. The largest absolute Gasteiger partial charge is 0.391 e. The Balaban J connectivity index is 2.23. The van der Waals surface area contributed by atoms with Gasteiger partial charge in [-0.1, -0.05) is 26.7 Å². The number of halogens is 2. The van der Waals surface area contributed by atoms with Crippen LogP contribution in [0.4, 0.5) is 14.5 Å². The van der Waals surface area contributed by atoms with E-state index < -0.39 is 17.7 Å². The predicted molar refractivity (Wildman–Crippen MR) is 80.2 cm³/mol. The van der Waals surface area contributed by atoms with E-state index in [2.05, 4.69) is 10.3 Å². The molecule has 0 fully saturated rings. The molecule has 114 valence electrons. The highest BCUT2D eigenvalue weighted by Gasteiger charge is 2.16. The Hall–Kier alpha value is -1.75. The van der Waals surface area contributed by atoms with Gasteiger partial charge in [-0.05, 0) is 18.1 Å². The second kappa shape index (κ2) is 6.80. The maximum atomic E-state index is 13.7. The molecule has 1 aromatic heterocycles. The maximum absolute atomic E-state index is 13.7. The van der Waals surface area contributed by atoms with Gasteiger partial charge in [0.1, 0.15) is 11.3 Å². The van der Waals surface area contributed by atoms with E-state index >= 15 is 0 Å². The van der Waals surface area contributed by atoms with Gasteiger partial charge in [0.25, 0.3) is 0 Å². The van der Waals surface area contributed by atoms with Crippen LogP contribution in [0, 0.1) is 17.6 Å². The first-order valence-corrected chi connectivity index (χ1v) is 7.22. The minimum Gasteiger partial charge on any atom is -0.391 e. The molecule has 5 heteroatoms. The van der Waals surface area contributed by atoms with E-state index in [4.69, 9.17) is 0 Å². The van der Waals surface area contributed by atoms with Crippen molar-refractivity contribution in [3.8, 4) is 0 Å². The quantitative estimate of drug-likeness (QED) is 0.853. The summed E-state index contributed by atoms with van der Waals surface area (Å²) in [4.78, 5) is 3.93. The lowest BCUT2D eigenvalue weighted by molar-refractivity contribution is 0.114. The molecule has 2 rings (SSSR count). The zero-order chi connectivity index (χ0) is 15.4. The molecule has 1 aromatic carbocycles. The summed E-state index contributed by atoms with van der Waals surface area (Å²) < 4.78 is 27.1. The van der Waals surface area contributed by atoms with Gasteiger partial charge < -0.3 is 10.4 Å². The molecular formula is C16H20F2N2O. The minimum absolute atomic E-state index is 0.124. The van der Waals surface area contributed by atoms with Crippen LogP contribution in [0.15, 0.2) is 24.4 Å². The van der Waals surface area contributed by atoms with Gasteiger partial charge in [-0.25, -0.2) is 8.78 Å². The van der Waals surface area contributed by atoms with Crippen molar-refractivity contribution in [1.29, 1.82) is 0 Å². The standard InChI is InChI=1S/C16H20F2N2O/c1-3-10(4-2)15(21)9-20-14-5-6-19-16-12(14)7-11(17)8-13(16)18/h5-8,10,15,21H,3-4,9H2,1-2H3,(H,19,20). The first-order chi connectivity index (χ1) is 10.1. The van der Waals surface area contributed by atoms with E-state index in [0.29, 0.717) is 17.6 Å². The van der Waals surface area contributed by atoms with Crippen LogP contribution in [-0.2, 0) is 0 Å². The summed E-state index contributed by atoms with van der Waals surface area (Å²) in [5, 5.41) is 13.6.